The van der Waals surface area contributed by atoms with Gasteiger partial charge in [0.05, 0.1) is 7.11 Å². The van der Waals surface area contributed by atoms with Crippen LogP contribution in [0.1, 0.15) is 11.1 Å². The summed E-state index contributed by atoms with van der Waals surface area (Å²) in [6, 6.07) is 13.0. The van der Waals surface area contributed by atoms with Gasteiger partial charge >= 0.3 is 0 Å². The number of rotatable bonds is 4. The number of likely N-dealkylation sites (N-methyl/N-ethyl adjacent to an activating group) is 1. The molecule has 3 heteroatoms. The first kappa shape index (κ1) is 14.0. The molecule has 0 aliphatic carbocycles. The van der Waals surface area contributed by atoms with Crippen molar-refractivity contribution in [3.63, 3.8) is 0 Å². The summed E-state index contributed by atoms with van der Waals surface area (Å²) in [7, 11) is 3.87. The Morgan fingerprint density at radius 2 is 2.05 bits per heavy atom. The molecule has 2 aromatic carbocycles. The average molecular weight is 282 g/mol. The maximum atomic E-state index is 5.67. The second-order valence-electron chi connectivity index (χ2n) is 5.59. The highest BCUT2D eigenvalue weighted by Crippen LogP contribution is 2.35. The third-order valence-corrected chi connectivity index (χ3v) is 4.22. The van der Waals surface area contributed by atoms with Crippen molar-refractivity contribution >= 4 is 5.69 Å². The fraction of sp³-hybridized carbons (Fsp3) is 0.333. The molecule has 0 saturated heterocycles. The first-order valence-corrected chi connectivity index (χ1v) is 7.44. The van der Waals surface area contributed by atoms with Gasteiger partial charge < -0.3 is 15.4 Å². The molecule has 3 nitrogen and oxygen atoms in total. The zero-order valence-electron chi connectivity index (χ0n) is 12.7. The molecule has 3 rings (SSSR count). The fourth-order valence-electron chi connectivity index (χ4n) is 3.04. The Bertz CT molecular complexity index is 652. The molecule has 0 bridgehead atoms. The number of hydrogen-bond acceptors (Lipinski definition) is 3. The third kappa shape index (κ3) is 2.61. The molecule has 1 aliphatic rings. The predicted octanol–water partition coefficient (Wildman–Crippen LogP) is 2.86. The van der Waals surface area contributed by atoms with E-state index in [4.69, 9.17) is 10.5 Å². The molecule has 1 aliphatic heterocycles. The fourth-order valence-corrected chi connectivity index (χ4v) is 3.04. The van der Waals surface area contributed by atoms with Crippen LogP contribution in [0.3, 0.4) is 0 Å². The van der Waals surface area contributed by atoms with Crippen LogP contribution in [0.15, 0.2) is 36.4 Å². The number of methoxy groups -OCH3 is 1. The number of anilines is 1. The van der Waals surface area contributed by atoms with Crippen molar-refractivity contribution in [1.29, 1.82) is 0 Å². The Morgan fingerprint density at radius 3 is 2.81 bits per heavy atom. The normalized spacial score (nSPS) is 13.4. The van der Waals surface area contributed by atoms with Crippen molar-refractivity contribution in [2.24, 2.45) is 5.73 Å². The summed E-state index contributed by atoms with van der Waals surface area (Å²) in [6.07, 6.45) is 2.01. The van der Waals surface area contributed by atoms with Gasteiger partial charge in [-0.25, -0.2) is 0 Å². The Labute approximate surface area is 126 Å². The lowest BCUT2D eigenvalue weighted by Gasteiger charge is -2.14. The van der Waals surface area contributed by atoms with Gasteiger partial charge in [0, 0.05) is 24.8 Å². The molecular formula is C18H22N2O. The minimum absolute atomic E-state index is 0.667. The number of ether oxygens (including phenoxy) is 1. The SMILES string of the molecule is COc1ccc(CCN)cc1-c1ccc2c(c1)CCN2C. The van der Waals surface area contributed by atoms with E-state index in [0.717, 1.165) is 30.7 Å². The molecule has 2 N–H and O–H groups in total. The first-order chi connectivity index (χ1) is 10.2. The summed E-state index contributed by atoms with van der Waals surface area (Å²) in [5.41, 5.74) is 12.1. The number of hydrogen-bond donors (Lipinski definition) is 1. The number of nitrogens with two attached hydrogens (primary N) is 1. The lowest BCUT2D eigenvalue weighted by Crippen LogP contribution is -2.12. The van der Waals surface area contributed by atoms with Crippen molar-refractivity contribution in [2.45, 2.75) is 12.8 Å². The van der Waals surface area contributed by atoms with Gasteiger partial charge in [0.1, 0.15) is 5.75 Å². The summed E-state index contributed by atoms with van der Waals surface area (Å²) < 4.78 is 5.53. The molecule has 0 fully saturated rings. The number of fused-ring (bicyclic) bond motifs is 1. The molecule has 21 heavy (non-hydrogen) atoms. The van der Waals surface area contributed by atoms with Gasteiger partial charge in [0.2, 0.25) is 0 Å². The summed E-state index contributed by atoms with van der Waals surface area (Å²) in [6.45, 7) is 1.77. The maximum absolute atomic E-state index is 5.67. The van der Waals surface area contributed by atoms with E-state index in [-0.39, 0.29) is 0 Å². The van der Waals surface area contributed by atoms with Crippen LogP contribution in [0.25, 0.3) is 11.1 Å². The van der Waals surface area contributed by atoms with Crippen molar-refractivity contribution in [3.8, 4) is 16.9 Å². The van der Waals surface area contributed by atoms with Crippen molar-refractivity contribution < 1.29 is 4.74 Å². The van der Waals surface area contributed by atoms with Gasteiger partial charge in [-0.05, 0) is 60.3 Å². The molecule has 0 spiro atoms. The first-order valence-electron chi connectivity index (χ1n) is 7.44. The topological polar surface area (TPSA) is 38.5 Å². The zero-order chi connectivity index (χ0) is 14.8. The van der Waals surface area contributed by atoms with E-state index in [1.807, 2.05) is 6.07 Å². The molecule has 110 valence electrons. The monoisotopic (exact) mass is 282 g/mol. The smallest absolute Gasteiger partial charge is 0.126 e. The van der Waals surface area contributed by atoms with Crippen LogP contribution in [0.2, 0.25) is 0 Å². The van der Waals surface area contributed by atoms with Crippen molar-refractivity contribution in [1.82, 2.24) is 0 Å². The summed E-state index contributed by atoms with van der Waals surface area (Å²) in [5.74, 6) is 0.919. The quantitative estimate of drug-likeness (QED) is 0.937. The molecule has 1 heterocycles. The molecular weight excluding hydrogens is 260 g/mol. The highest BCUT2D eigenvalue weighted by Gasteiger charge is 2.17. The Hall–Kier alpha value is -2.00. The number of nitrogens with zero attached hydrogens (tertiary/aromatic N) is 1. The van der Waals surface area contributed by atoms with E-state index >= 15 is 0 Å². The van der Waals surface area contributed by atoms with E-state index < -0.39 is 0 Å². The number of benzene rings is 2. The van der Waals surface area contributed by atoms with E-state index in [1.165, 1.54) is 22.4 Å². The van der Waals surface area contributed by atoms with Crippen LogP contribution in [0.5, 0.6) is 5.75 Å². The van der Waals surface area contributed by atoms with Crippen LogP contribution in [0, 0.1) is 0 Å². The van der Waals surface area contributed by atoms with Gasteiger partial charge in [-0.2, -0.15) is 0 Å². The largest absolute Gasteiger partial charge is 0.496 e. The summed E-state index contributed by atoms with van der Waals surface area (Å²) >= 11 is 0. The van der Waals surface area contributed by atoms with E-state index in [9.17, 15) is 0 Å². The van der Waals surface area contributed by atoms with Crippen LogP contribution in [0.4, 0.5) is 5.69 Å². The van der Waals surface area contributed by atoms with Crippen LogP contribution < -0.4 is 15.4 Å². The minimum Gasteiger partial charge on any atom is -0.496 e. The Kier molecular flexibility index (Phi) is 3.84. The molecule has 0 radical (unpaired) electrons. The van der Waals surface area contributed by atoms with E-state index in [0.29, 0.717) is 6.54 Å². The second-order valence-corrected chi connectivity index (χ2v) is 5.59. The summed E-state index contributed by atoms with van der Waals surface area (Å²) in [5, 5.41) is 0. The lowest BCUT2D eigenvalue weighted by molar-refractivity contribution is 0.416. The Morgan fingerprint density at radius 1 is 1.19 bits per heavy atom. The average Bonchev–Trinajstić information content (AvgIpc) is 2.88. The van der Waals surface area contributed by atoms with Gasteiger partial charge in [-0.1, -0.05) is 12.1 Å². The van der Waals surface area contributed by atoms with Gasteiger partial charge in [-0.3, -0.25) is 0 Å². The highest BCUT2D eigenvalue weighted by atomic mass is 16.5. The van der Waals surface area contributed by atoms with Crippen molar-refractivity contribution in [3.05, 3.63) is 47.5 Å². The van der Waals surface area contributed by atoms with Gasteiger partial charge in [0.15, 0.2) is 0 Å². The lowest BCUT2D eigenvalue weighted by atomic mass is 9.98. The third-order valence-electron chi connectivity index (χ3n) is 4.22. The van der Waals surface area contributed by atoms with E-state index in [1.54, 1.807) is 7.11 Å². The highest BCUT2D eigenvalue weighted by molar-refractivity contribution is 5.75. The minimum atomic E-state index is 0.667. The second kappa shape index (κ2) is 5.78. The molecule has 0 unspecified atom stereocenters. The molecule has 0 aromatic heterocycles. The van der Waals surface area contributed by atoms with E-state index in [2.05, 4.69) is 42.3 Å². The standard InChI is InChI=1S/C18H22N2O/c1-20-10-8-15-12-14(4-5-17(15)20)16-11-13(7-9-19)3-6-18(16)21-2/h3-6,11-12H,7-10,19H2,1-2H3. The summed E-state index contributed by atoms with van der Waals surface area (Å²) in [4.78, 5) is 2.31. The molecule has 0 amide bonds. The predicted molar refractivity (Wildman–Crippen MR) is 88.2 cm³/mol. The van der Waals surface area contributed by atoms with Crippen LogP contribution >= 0.6 is 0 Å². The Balaban J connectivity index is 2.05. The zero-order valence-corrected chi connectivity index (χ0v) is 12.7. The van der Waals surface area contributed by atoms with Crippen LogP contribution in [-0.4, -0.2) is 27.2 Å². The van der Waals surface area contributed by atoms with Crippen LogP contribution in [-0.2, 0) is 12.8 Å². The molecule has 0 saturated carbocycles. The van der Waals surface area contributed by atoms with Crippen molar-refractivity contribution in [2.75, 3.05) is 32.1 Å². The van der Waals surface area contributed by atoms with Gasteiger partial charge in [0.25, 0.3) is 0 Å². The van der Waals surface area contributed by atoms with Gasteiger partial charge in [-0.15, -0.1) is 0 Å². The molecule has 2 aromatic rings. The molecule has 0 atom stereocenters. The maximum Gasteiger partial charge on any atom is 0.126 e.